The first-order valence-electron chi connectivity index (χ1n) is 33.1. The number of pyridine rings is 3. The van der Waals surface area contributed by atoms with E-state index in [1.54, 1.807) is 165 Å². The first-order valence-corrected chi connectivity index (χ1v) is 34.2. The Hall–Kier alpha value is -11.7. The van der Waals surface area contributed by atoms with Gasteiger partial charge in [0, 0.05) is 57.9 Å². The third-order valence-corrected chi connectivity index (χ3v) is 19.2. The lowest BCUT2D eigenvalue weighted by molar-refractivity contribution is -0.125. The highest BCUT2D eigenvalue weighted by Crippen LogP contribution is 2.38. The number of carbonyl (C=O) groups excluding carboxylic acids is 3. The number of carbonyl (C=O) groups is 3. The average Bonchev–Trinajstić information content (AvgIpc) is 1.61. The summed E-state index contributed by atoms with van der Waals surface area (Å²) >= 11 is 19.7. The van der Waals surface area contributed by atoms with Crippen molar-refractivity contribution in [1.82, 2.24) is 57.1 Å². The molecule has 12 aromatic rings. The van der Waals surface area contributed by atoms with Crippen molar-refractivity contribution in [2.75, 3.05) is 46.4 Å². The molecule has 25 heteroatoms. The number of hydrogen-bond acceptors (Lipinski definition) is 13. The van der Waals surface area contributed by atoms with Gasteiger partial charge in [0.1, 0.15) is 40.2 Å². The minimum absolute atomic E-state index is 0.128. The smallest absolute Gasteiger partial charge is 0.334 e. The molecule has 3 fully saturated rings. The number of benzene rings is 6. The molecule has 103 heavy (non-hydrogen) atoms. The second kappa shape index (κ2) is 30.2. The fourth-order valence-corrected chi connectivity index (χ4v) is 13.9. The molecule has 522 valence electrons. The Morgan fingerprint density at radius 1 is 0.417 bits per heavy atom. The highest BCUT2D eigenvalue weighted by atomic mass is 35.5. The van der Waals surface area contributed by atoms with Gasteiger partial charge in [0.15, 0.2) is 0 Å². The zero-order valence-electron chi connectivity index (χ0n) is 56.4. The van der Waals surface area contributed by atoms with E-state index in [4.69, 9.17) is 53.8 Å². The molecular weight excluding hydrogens is 1370 g/mol. The Morgan fingerprint density at radius 3 is 1.09 bits per heavy atom. The van der Waals surface area contributed by atoms with Crippen LogP contribution in [0.3, 0.4) is 0 Å². The number of ether oxygens (including phenoxy) is 4. The highest BCUT2D eigenvalue weighted by molar-refractivity contribution is 6.33. The molecule has 0 saturated carbocycles. The van der Waals surface area contributed by atoms with Gasteiger partial charge in [-0.3, -0.25) is 56.7 Å². The topological polar surface area (TPSA) is 217 Å². The van der Waals surface area contributed by atoms with Crippen LogP contribution < -0.4 is 36.0 Å². The summed E-state index contributed by atoms with van der Waals surface area (Å²) in [5, 5.41) is 1.14. The van der Waals surface area contributed by atoms with Gasteiger partial charge in [-0.25, -0.2) is 14.4 Å². The highest BCUT2D eigenvalue weighted by Gasteiger charge is 2.34. The van der Waals surface area contributed by atoms with Crippen LogP contribution in [0.15, 0.2) is 235 Å². The third-order valence-electron chi connectivity index (χ3n) is 18.3. The van der Waals surface area contributed by atoms with Gasteiger partial charge in [0.25, 0.3) is 0 Å². The lowest BCUT2D eigenvalue weighted by atomic mass is 10.2. The van der Waals surface area contributed by atoms with Crippen molar-refractivity contribution in [2.45, 2.75) is 51.2 Å². The van der Waals surface area contributed by atoms with Crippen LogP contribution in [0.25, 0.3) is 50.2 Å². The molecular formula is C78H69Cl3N12O10. The van der Waals surface area contributed by atoms with Crippen molar-refractivity contribution < 1.29 is 33.3 Å². The van der Waals surface area contributed by atoms with Crippen LogP contribution >= 0.6 is 34.8 Å². The molecule has 22 nitrogen and oxygen atoms in total. The third kappa shape index (κ3) is 14.4. The van der Waals surface area contributed by atoms with Gasteiger partial charge >= 0.3 is 17.1 Å². The van der Waals surface area contributed by atoms with Crippen molar-refractivity contribution in [3.05, 3.63) is 278 Å². The summed E-state index contributed by atoms with van der Waals surface area (Å²) in [5.41, 5.74) is 7.67. The van der Waals surface area contributed by atoms with Crippen LogP contribution in [0.4, 0.5) is 0 Å². The molecule has 3 saturated heterocycles. The van der Waals surface area contributed by atoms with Crippen molar-refractivity contribution in [2.24, 2.45) is 0 Å². The first kappa shape index (κ1) is 69.7. The van der Waals surface area contributed by atoms with E-state index < -0.39 is 0 Å². The molecule has 6 aromatic carbocycles. The van der Waals surface area contributed by atoms with Crippen molar-refractivity contribution >= 4 is 85.6 Å². The predicted octanol–water partition coefficient (Wildman–Crippen LogP) is 14.4. The number of hydrogen-bond donors (Lipinski definition) is 0. The van der Waals surface area contributed by atoms with Gasteiger partial charge in [-0.15, -0.1) is 0 Å². The van der Waals surface area contributed by atoms with Crippen LogP contribution in [-0.4, -0.2) is 121 Å². The summed E-state index contributed by atoms with van der Waals surface area (Å²) in [6, 6.07) is 43.3. The maximum absolute atomic E-state index is 13.7. The standard InChI is InChI=1S/C26H23ClN4O4.2C26H23ClN4O3/c1-3-25(32)29-13-11-18(16-29)31-22-10-12-28-15-23(22)30(26(31)33)17-4-9-24(21(27)14-17)35-20-7-5-19(34-2)6-8-20;1-3-25(32)29-13-11-19(16-29)31-22-10-12-28-15-23(22)30(26(31)33)18-6-9-24(21(27)14-18)34-20-7-4-17(2)5-8-20;1-3-25(32)29-12-10-19(16-29)31-22-9-11-28-15-23(22)30(26(31)33)18-7-8-24(21(27)14-18)34-20-6-4-5-17(2)13-20/h3-10,12,14-15,18H,1,11,13,16H2,2H3;3-10,12,14-15,19H,1,11,13,16H2,2H3;3-9,11,13-15,19H,1,10,12,16H2,2H3/t18-;2*19-/m111/s1. The molecule has 3 amide bonds. The molecule has 6 aromatic heterocycles. The number of aryl methyl sites for hydroxylation is 2. The Balaban J connectivity index is 0.000000138. The number of imidazole rings is 3. The summed E-state index contributed by atoms with van der Waals surface area (Å²) in [6.07, 6.45) is 15.9. The number of nitrogens with zero attached hydrogens (tertiary/aromatic N) is 12. The minimum atomic E-state index is -0.217. The molecule has 0 unspecified atom stereocenters. The molecule has 0 N–H and O–H groups in total. The number of rotatable bonds is 16. The van der Waals surface area contributed by atoms with Crippen molar-refractivity contribution in [3.63, 3.8) is 0 Å². The Kier molecular flexibility index (Phi) is 20.5. The minimum Gasteiger partial charge on any atom is -0.497 e. The van der Waals surface area contributed by atoms with Crippen LogP contribution in [0.5, 0.6) is 40.2 Å². The van der Waals surface area contributed by atoms with E-state index in [1.165, 1.54) is 18.2 Å². The van der Waals surface area contributed by atoms with Crippen molar-refractivity contribution in [1.29, 1.82) is 0 Å². The fraction of sp³-hybridized carbons (Fsp3) is 0.192. The van der Waals surface area contributed by atoms with E-state index in [1.807, 2.05) is 80.6 Å². The number of aromatic nitrogens is 9. The summed E-state index contributed by atoms with van der Waals surface area (Å²) in [4.78, 5) is 95.0. The maximum atomic E-state index is 13.7. The maximum Gasteiger partial charge on any atom is 0.334 e. The summed E-state index contributed by atoms with van der Waals surface area (Å²) in [5.74, 6) is 3.77. The monoisotopic (exact) mass is 1440 g/mol. The molecule has 3 aliphatic heterocycles. The number of amides is 3. The van der Waals surface area contributed by atoms with Crippen LogP contribution in [0.1, 0.15) is 48.5 Å². The van der Waals surface area contributed by atoms with Gasteiger partial charge < -0.3 is 33.6 Å². The predicted molar refractivity (Wildman–Crippen MR) is 398 cm³/mol. The lowest BCUT2D eigenvalue weighted by Gasteiger charge is -2.15. The summed E-state index contributed by atoms with van der Waals surface area (Å²) in [6.45, 7) is 17.8. The molecule has 9 heterocycles. The average molecular weight is 1440 g/mol. The number of likely N-dealkylation sites (tertiary alicyclic amines) is 3. The second-order valence-corrected chi connectivity index (χ2v) is 26.0. The Bertz CT molecular complexity index is 5470. The van der Waals surface area contributed by atoms with Crippen LogP contribution in [0.2, 0.25) is 15.1 Å². The van der Waals surface area contributed by atoms with Crippen LogP contribution in [0, 0.1) is 13.8 Å². The fourth-order valence-electron chi connectivity index (χ4n) is 13.3. The van der Waals surface area contributed by atoms with E-state index in [0.29, 0.717) is 142 Å². The second-order valence-electron chi connectivity index (χ2n) is 24.8. The van der Waals surface area contributed by atoms with Gasteiger partial charge in [-0.05, 0) is 178 Å². The van der Waals surface area contributed by atoms with E-state index in [-0.39, 0.29) is 52.9 Å². The van der Waals surface area contributed by atoms with Gasteiger partial charge in [0.05, 0.1) is 109 Å². The van der Waals surface area contributed by atoms with E-state index >= 15 is 0 Å². The number of halogens is 3. The largest absolute Gasteiger partial charge is 0.497 e. The van der Waals surface area contributed by atoms with Crippen LogP contribution in [-0.2, 0) is 14.4 Å². The van der Waals surface area contributed by atoms with E-state index in [2.05, 4.69) is 34.7 Å². The summed E-state index contributed by atoms with van der Waals surface area (Å²) in [7, 11) is 1.60. The normalized spacial score (nSPS) is 15.5. The number of fused-ring (bicyclic) bond motifs is 3. The van der Waals surface area contributed by atoms with E-state index in [0.717, 1.165) is 33.4 Å². The molecule has 3 atom stereocenters. The molecule has 0 bridgehead atoms. The SMILES string of the molecule is C=CC(=O)N1CC[C@@H](n2c(=O)n(-c3ccc(Oc4ccc(C)cc4)c(Cl)c3)c3cnccc32)C1.C=CC(=O)N1CC[C@@H](n2c(=O)n(-c3ccc(Oc4ccc(OC)cc4)c(Cl)c3)c3cnccc32)C1.C=CC(=O)N1CC[C@@H](n2c(=O)n(-c3ccc(Oc4cccc(C)c4)c(Cl)c3)c3cnccc32)C1. The van der Waals surface area contributed by atoms with Gasteiger partial charge in [-0.1, -0.05) is 84.4 Å². The molecule has 0 radical (unpaired) electrons. The zero-order chi connectivity index (χ0) is 72.2. The Morgan fingerprint density at radius 2 is 0.757 bits per heavy atom. The zero-order valence-corrected chi connectivity index (χ0v) is 58.6. The van der Waals surface area contributed by atoms with Gasteiger partial charge in [-0.2, -0.15) is 0 Å². The summed E-state index contributed by atoms with van der Waals surface area (Å²) < 4.78 is 33.0. The lowest BCUT2D eigenvalue weighted by Crippen LogP contribution is -2.31. The molecule has 0 spiro atoms. The first-order chi connectivity index (χ1) is 49.9. The quantitative estimate of drug-likeness (QED) is 0.0823. The molecule has 0 aliphatic carbocycles. The van der Waals surface area contributed by atoms with Crippen molar-refractivity contribution in [3.8, 4) is 57.3 Å². The van der Waals surface area contributed by atoms with E-state index in [9.17, 15) is 28.8 Å². The molecule has 3 aliphatic rings. The van der Waals surface area contributed by atoms with Gasteiger partial charge in [0.2, 0.25) is 17.7 Å². The Labute approximate surface area is 605 Å². The number of methoxy groups -OCH3 is 1. The molecule has 15 rings (SSSR count).